The van der Waals surface area contributed by atoms with Gasteiger partial charge < -0.3 is 10.2 Å². The molecular weight excluding hydrogens is 400 g/mol. The fraction of sp³-hybridized carbons (Fsp3) is 0.400. The number of nitrogens with one attached hydrogen (secondary N) is 1. The second-order valence-corrected chi connectivity index (χ2v) is 9.45. The van der Waals surface area contributed by atoms with Gasteiger partial charge in [-0.1, -0.05) is 11.6 Å². The minimum atomic E-state index is -0.0700. The van der Waals surface area contributed by atoms with Crippen LogP contribution in [-0.2, 0) is 22.6 Å². The Kier molecular flexibility index (Phi) is 5.76. The maximum absolute atomic E-state index is 12.5. The summed E-state index contributed by atoms with van der Waals surface area (Å²) >= 11 is 9.67. The van der Waals surface area contributed by atoms with E-state index < -0.39 is 0 Å². The molecule has 2 aliphatic rings. The highest BCUT2D eigenvalue weighted by Gasteiger charge is 2.24. The van der Waals surface area contributed by atoms with Crippen molar-refractivity contribution in [2.45, 2.75) is 43.2 Å². The minimum Gasteiger partial charge on any atom is -0.349 e. The molecule has 0 saturated carbocycles. The van der Waals surface area contributed by atoms with Crippen LogP contribution in [0.25, 0.3) is 0 Å². The first-order chi connectivity index (χ1) is 13.1. The molecule has 0 unspecified atom stereocenters. The predicted molar refractivity (Wildman–Crippen MR) is 110 cm³/mol. The molecule has 0 radical (unpaired) electrons. The van der Waals surface area contributed by atoms with Crippen LogP contribution in [0.4, 0.5) is 0 Å². The maximum Gasteiger partial charge on any atom is 0.223 e. The number of nitrogens with zero attached hydrogens (tertiary/aromatic N) is 1. The van der Waals surface area contributed by atoms with E-state index in [-0.39, 0.29) is 30.7 Å². The monoisotopic (exact) mass is 420 g/mol. The zero-order valence-corrected chi connectivity index (χ0v) is 17.3. The third kappa shape index (κ3) is 4.33. The van der Waals surface area contributed by atoms with Crippen molar-refractivity contribution in [1.29, 1.82) is 0 Å². The lowest BCUT2D eigenvalue weighted by atomic mass is 10.0. The Morgan fingerprint density at radius 3 is 3.04 bits per heavy atom. The summed E-state index contributed by atoms with van der Waals surface area (Å²) in [7, 11) is 0. The lowest BCUT2D eigenvalue weighted by Gasteiger charge is -2.28. The Hall–Kier alpha value is -1.50. The molecular formula is C20H21ClN2O2S2. The Morgan fingerprint density at radius 1 is 1.26 bits per heavy atom. The van der Waals surface area contributed by atoms with Crippen molar-refractivity contribution in [2.24, 2.45) is 0 Å². The Labute approximate surface area is 172 Å². The van der Waals surface area contributed by atoms with Crippen LogP contribution in [0, 0.1) is 0 Å². The molecule has 0 fully saturated rings. The van der Waals surface area contributed by atoms with E-state index in [0.717, 1.165) is 30.7 Å². The molecule has 4 nitrogen and oxygen atoms in total. The maximum atomic E-state index is 12.5. The van der Waals surface area contributed by atoms with Gasteiger partial charge in [-0.3, -0.25) is 9.59 Å². The largest absolute Gasteiger partial charge is 0.349 e. The molecule has 0 spiro atoms. The van der Waals surface area contributed by atoms with E-state index in [4.69, 9.17) is 11.6 Å². The number of thioether (sulfide) groups is 1. The standard InChI is InChI=1S/C20H21ClN2O2S2/c21-14-1-2-18-15(11-14)16(7-10-27-18)22-19(24)3-4-20(25)23-8-5-17-13(12-23)6-9-26-17/h1-2,6,9,11,16H,3-5,7-8,10,12H2,(H,22,24)/t16-/m1/s1. The van der Waals surface area contributed by atoms with Crippen molar-refractivity contribution in [1.82, 2.24) is 10.2 Å². The van der Waals surface area contributed by atoms with E-state index >= 15 is 0 Å². The van der Waals surface area contributed by atoms with Gasteiger partial charge in [-0.25, -0.2) is 0 Å². The Morgan fingerprint density at radius 2 is 2.15 bits per heavy atom. The summed E-state index contributed by atoms with van der Waals surface area (Å²) in [6.07, 6.45) is 2.29. The van der Waals surface area contributed by atoms with E-state index in [1.165, 1.54) is 15.3 Å². The van der Waals surface area contributed by atoms with Gasteiger partial charge in [0.25, 0.3) is 0 Å². The molecule has 2 aromatic rings. The third-order valence-electron chi connectivity index (χ3n) is 5.07. The van der Waals surface area contributed by atoms with Gasteiger partial charge in [0.2, 0.25) is 11.8 Å². The Balaban J connectivity index is 1.31. The van der Waals surface area contributed by atoms with Crippen LogP contribution in [0.1, 0.15) is 41.3 Å². The number of halogens is 1. The van der Waals surface area contributed by atoms with Crippen LogP contribution in [0.15, 0.2) is 34.5 Å². The number of carbonyl (C=O) groups excluding carboxylic acids is 2. The quantitative estimate of drug-likeness (QED) is 0.796. The molecule has 4 rings (SSSR count). The van der Waals surface area contributed by atoms with E-state index in [1.54, 1.807) is 23.1 Å². The molecule has 0 aliphatic carbocycles. The highest BCUT2D eigenvalue weighted by Crippen LogP contribution is 2.37. The predicted octanol–water partition coefficient (Wildman–Crippen LogP) is 4.42. The normalized spacial score (nSPS) is 18.6. The lowest BCUT2D eigenvalue weighted by molar-refractivity contribution is -0.134. The topological polar surface area (TPSA) is 49.4 Å². The summed E-state index contributed by atoms with van der Waals surface area (Å²) in [5.74, 6) is 0.957. The van der Waals surface area contributed by atoms with Crippen LogP contribution in [0.2, 0.25) is 5.02 Å². The molecule has 1 aromatic heterocycles. The van der Waals surface area contributed by atoms with Crippen molar-refractivity contribution in [3.63, 3.8) is 0 Å². The van der Waals surface area contributed by atoms with Gasteiger partial charge in [-0.2, -0.15) is 0 Å². The Bertz CT molecular complexity index is 867. The van der Waals surface area contributed by atoms with Crippen LogP contribution in [-0.4, -0.2) is 29.0 Å². The fourth-order valence-corrected chi connectivity index (χ4v) is 5.80. The van der Waals surface area contributed by atoms with E-state index in [1.807, 2.05) is 23.1 Å². The van der Waals surface area contributed by atoms with E-state index in [9.17, 15) is 9.59 Å². The first-order valence-electron chi connectivity index (χ1n) is 9.15. The number of hydrogen-bond donors (Lipinski definition) is 1. The molecule has 1 N–H and O–H groups in total. The van der Waals surface area contributed by atoms with Crippen LogP contribution in [0.3, 0.4) is 0 Å². The first-order valence-corrected chi connectivity index (χ1v) is 11.4. The molecule has 7 heteroatoms. The number of benzene rings is 1. The summed E-state index contributed by atoms with van der Waals surface area (Å²) < 4.78 is 0. The van der Waals surface area contributed by atoms with Crippen LogP contribution >= 0.6 is 34.7 Å². The lowest BCUT2D eigenvalue weighted by Crippen LogP contribution is -2.36. The number of rotatable bonds is 4. The zero-order valence-electron chi connectivity index (χ0n) is 14.9. The van der Waals surface area contributed by atoms with Gasteiger partial charge in [-0.15, -0.1) is 23.1 Å². The number of thiophene rings is 1. The molecule has 1 aromatic carbocycles. The van der Waals surface area contributed by atoms with Gasteiger partial charge in [0.05, 0.1) is 6.04 Å². The zero-order chi connectivity index (χ0) is 18.8. The summed E-state index contributed by atoms with van der Waals surface area (Å²) in [5, 5.41) is 5.86. The second-order valence-electron chi connectivity index (χ2n) is 6.87. The average Bonchev–Trinajstić information content (AvgIpc) is 3.14. The molecule has 2 aliphatic heterocycles. The first kappa shape index (κ1) is 18.8. The number of amides is 2. The van der Waals surface area contributed by atoms with Gasteiger partial charge >= 0.3 is 0 Å². The van der Waals surface area contributed by atoms with Crippen molar-refractivity contribution in [2.75, 3.05) is 12.3 Å². The molecule has 1 atom stereocenters. The van der Waals surface area contributed by atoms with E-state index in [2.05, 4.69) is 16.8 Å². The smallest absolute Gasteiger partial charge is 0.223 e. The summed E-state index contributed by atoms with van der Waals surface area (Å²) in [6, 6.07) is 7.90. The highest BCUT2D eigenvalue weighted by molar-refractivity contribution is 7.99. The van der Waals surface area contributed by atoms with Gasteiger partial charge in [0.1, 0.15) is 0 Å². The van der Waals surface area contributed by atoms with Crippen molar-refractivity contribution in [3.05, 3.63) is 50.7 Å². The van der Waals surface area contributed by atoms with Crippen LogP contribution in [0.5, 0.6) is 0 Å². The number of hydrogen-bond acceptors (Lipinski definition) is 4. The van der Waals surface area contributed by atoms with Gasteiger partial charge in [0, 0.05) is 46.5 Å². The summed E-state index contributed by atoms with van der Waals surface area (Å²) in [5.41, 5.74) is 2.33. The molecule has 142 valence electrons. The third-order valence-corrected chi connectivity index (χ3v) is 7.45. The average molecular weight is 421 g/mol. The van der Waals surface area contributed by atoms with Crippen molar-refractivity contribution >= 4 is 46.5 Å². The number of fused-ring (bicyclic) bond motifs is 2. The van der Waals surface area contributed by atoms with Gasteiger partial charge in [-0.05, 0) is 53.6 Å². The number of carbonyl (C=O) groups is 2. The van der Waals surface area contributed by atoms with Crippen LogP contribution < -0.4 is 5.32 Å². The molecule has 3 heterocycles. The molecule has 0 saturated heterocycles. The van der Waals surface area contributed by atoms with Crippen molar-refractivity contribution in [3.8, 4) is 0 Å². The highest BCUT2D eigenvalue weighted by atomic mass is 35.5. The minimum absolute atomic E-state index is 0.0223. The van der Waals surface area contributed by atoms with Crippen molar-refractivity contribution < 1.29 is 9.59 Å². The van der Waals surface area contributed by atoms with E-state index in [0.29, 0.717) is 11.6 Å². The summed E-state index contributed by atoms with van der Waals surface area (Å²) in [6.45, 7) is 1.42. The summed E-state index contributed by atoms with van der Waals surface area (Å²) in [4.78, 5) is 29.4. The SMILES string of the molecule is O=C(CCC(=O)N1CCc2sccc2C1)N[C@@H]1CCSc2ccc(Cl)cc21. The van der Waals surface area contributed by atoms with Gasteiger partial charge in [0.15, 0.2) is 0 Å². The molecule has 2 amide bonds. The molecule has 0 bridgehead atoms. The molecule has 27 heavy (non-hydrogen) atoms. The fourth-order valence-electron chi connectivity index (χ4n) is 3.62. The second kappa shape index (κ2) is 8.25.